The molecule has 1 N–H and O–H groups in total. The molecular weight excluding hydrogens is 422 g/mol. The summed E-state index contributed by atoms with van der Waals surface area (Å²) in [6.45, 7) is 1.65. The molecule has 5 rings (SSSR count). The molecular formula is C25H25N3O3S. The lowest BCUT2D eigenvalue weighted by Gasteiger charge is -2.26. The summed E-state index contributed by atoms with van der Waals surface area (Å²) in [5.74, 6) is 3.31. The molecule has 2 heterocycles. The molecule has 0 unspecified atom stereocenters. The number of rotatable bonds is 6. The van der Waals surface area contributed by atoms with Crippen molar-refractivity contribution in [2.75, 3.05) is 29.9 Å². The Morgan fingerprint density at radius 2 is 1.75 bits per heavy atom. The SMILES string of the molecule is O=C(Nc1ccc(CC(=O)N2CCSCC2)cc1)c1nc(-c2ccccc2)oc1C1CC1. The van der Waals surface area contributed by atoms with Crippen LogP contribution in [0.2, 0.25) is 0 Å². The monoisotopic (exact) mass is 447 g/mol. The number of nitrogens with one attached hydrogen (secondary N) is 1. The number of hydrogen-bond acceptors (Lipinski definition) is 5. The minimum Gasteiger partial charge on any atom is -0.440 e. The lowest BCUT2D eigenvalue weighted by Crippen LogP contribution is -2.38. The third kappa shape index (κ3) is 4.72. The highest BCUT2D eigenvalue weighted by molar-refractivity contribution is 7.99. The number of aromatic nitrogens is 1. The van der Waals surface area contributed by atoms with Crippen molar-refractivity contribution in [2.24, 2.45) is 0 Å². The molecule has 2 aromatic carbocycles. The molecule has 1 saturated heterocycles. The molecule has 7 heteroatoms. The number of benzene rings is 2. The van der Waals surface area contributed by atoms with Gasteiger partial charge in [-0.1, -0.05) is 30.3 Å². The van der Waals surface area contributed by atoms with Crippen molar-refractivity contribution >= 4 is 29.3 Å². The molecule has 3 aromatic rings. The van der Waals surface area contributed by atoms with Crippen molar-refractivity contribution in [3.63, 3.8) is 0 Å². The number of nitrogens with zero attached hydrogens (tertiary/aromatic N) is 2. The fourth-order valence-corrected chi connectivity index (χ4v) is 4.72. The zero-order valence-corrected chi connectivity index (χ0v) is 18.6. The fourth-order valence-electron chi connectivity index (χ4n) is 3.82. The predicted octanol–water partition coefficient (Wildman–Crippen LogP) is 4.59. The quantitative estimate of drug-likeness (QED) is 0.598. The van der Waals surface area contributed by atoms with Crippen molar-refractivity contribution in [1.29, 1.82) is 0 Å². The summed E-state index contributed by atoms with van der Waals surface area (Å²) >= 11 is 1.89. The highest BCUT2D eigenvalue weighted by Gasteiger charge is 2.34. The molecule has 32 heavy (non-hydrogen) atoms. The number of hydrogen-bond donors (Lipinski definition) is 1. The van der Waals surface area contributed by atoms with E-state index in [-0.39, 0.29) is 17.7 Å². The van der Waals surface area contributed by atoms with E-state index >= 15 is 0 Å². The Morgan fingerprint density at radius 1 is 1.03 bits per heavy atom. The lowest BCUT2D eigenvalue weighted by atomic mass is 10.1. The van der Waals surface area contributed by atoms with E-state index < -0.39 is 0 Å². The maximum absolute atomic E-state index is 13.0. The van der Waals surface area contributed by atoms with Crippen LogP contribution < -0.4 is 5.32 Å². The first-order valence-electron chi connectivity index (χ1n) is 11.0. The van der Waals surface area contributed by atoms with Gasteiger partial charge in [0.15, 0.2) is 5.69 Å². The topological polar surface area (TPSA) is 75.4 Å². The Kier molecular flexibility index (Phi) is 5.99. The summed E-state index contributed by atoms with van der Waals surface area (Å²) < 4.78 is 5.99. The van der Waals surface area contributed by atoms with Gasteiger partial charge in [-0.2, -0.15) is 11.8 Å². The van der Waals surface area contributed by atoms with Crippen LogP contribution in [0, 0.1) is 0 Å². The zero-order valence-electron chi connectivity index (χ0n) is 17.8. The van der Waals surface area contributed by atoms with Crippen LogP contribution in [0.3, 0.4) is 0 Å². The Labute approximate surface area is 191 Å². The smallest absolute Gasteiger partial charge is 0.277 e. The van der Waals surface area contributed by atoms with E-state index in [0.29, 0.717) is 29.5 Å². The summed E-state index contributed by atoms with van der Waals surface area (Å²) in [5.41, 5.74) is 2.83. The van der Waals surface area contributed by atoms with Gasteiger partial charge in [-0.15, -0.1) is 0 Å². The van der Waals surface area contributed by atoms with Crippen LogP contribution in [0.15, 0.2) is 59.0 Å². The molecule has 0 spiro atoms. The van der Waals surface area contributed by atoms with Gasteiger partial charge in [-0.25, -0.2) is 4.98 Å². The largest absolute Gasteiger partial charge is 0.440 e. The summed E-state index contributed by atoms with van der Waals surface area (Å²) in [7, 11) is 0. The van der Waals surface area contributed by atoms with Crippen LogP contribution >= 0.6 is 11.8 Å². The molecule has 6 nitrogen and oxygen atoms in total. The van der Waals surface area contributed by atoms with Crippen LogP contribution in [0.25, 0.3) is 11.5 Å². The molecule has 1 aromatic heterocycles. The second-order valence-corrected chi connectivity index (χ2v) is 9.42. The maximum Gasteiger partial charge on any atom is 0.277 e. The van der Waals surface area contributed by atoms with Crippen LogP contribution in [0.5, 0.6) is 0 Å². The Balaban J connectivity index is 1.27. The van der Waals surface area contributed by atoms with Gasteiger partial charge in [-0.05, 0) is 42.7 Å². The van der Waals surface area contributed by atoms with Gasteiger partial charge in [0.2, 0.25) is 11.8 Å². The van der Waals surface area contributed by atoms with Gasteiger partial charge < -0.3 is 14.6 Å². The average Bonchev–Trinajstić information content (AvgIpc) is 3.59. The minimum atomic E-state index is -0.271. The first-order chi connectivity index (χ1) is 15.7. The second-order valence-electron chi connectivity index (χ2n) is 8.19. The van der Waals surface area contributed by atoms with Crippen LogP contribution in [-0.4, -0.2) is 46.3 Å². The number of oxazole rings is 1. The zero-order chi connectivity index (χ0) is 21.9. The van der Waals surface area contributed by atoms with E-state index in [1.165, 1.54) is 0 Å². The summed E-state index contributed by atoms with van der Waals surface area (Å²) in [6, 6.07) is 17.1. The first kappa shape index (κ1) is 20.8. The van der Waals surface area contributed by atoms with E-state index in [1.54, 1.807) is 0 Å². The molecule has 2 amide bonds. The van der Waals surface area contributed by atoms with Gasteiger partial charge >= 0.3 is 0 Å². The van der Waals surface area contributed by atoms with Gasteiger partial charge in [0.1, 0.15) is 5.76 Å². The van der Waals surface area contributed by atoms with Gasteiger partial charge in [0.05, 0.1) is 6.42 Å². The van der Waals surface area contributed by atoms with E-state index in [9.17, 15) is 9.59 Å². The van der Waals surface area contributed by atoms with Crippen molar-refractivity contribution < 1.29 is 14.0 Å². The van der Waals surface area contributed by atoms with Gasteiger partial charge in [0.25, 0.3) is 5.91 Å². The van der Waals surface area contributed by atoms with Gasteiger partial charge in [0, 0.05) is 41.8 Å². The summed E-state index contributed by atoms with van der Waals surface area (Å²) in [6.07, 6.45) is 2.42. The number of carbonyl (C=O) groups excluding carboxylic acids is 2. The molecule has 2 aliphatic rings. The highest BCUT2D eigenvalue weighted by atomic mass is 32.2. The standard InChI is InChI=1S/C25H25N3O3S/c29-21(28-12-14-32-15-13-28)16-17-6-10-20(11-7-17)26-24(30)22-23(18-8-9-18)31-25(27-22)19-4-2-1-3-5-19/h1-7,10-11,18H,8-9,12-16H2,(H,26,30). The number of carbonyl (C=O) groups is 2. The lowest BCUT2D eigenvalue weighted by molar-refractivity contribution is -0.130. The van der Waals surface area contributed by atoms with E-state index in [0.717, 1.165) is 48.6 Å². The number of anilines is 1. The van der Waals surface area contributed by atoms with E-state index in [4.69, 9.17) is 4.42 Å². The summed E-state index contributed by atoms with van der Waals surface area (Å²) in [5, 5.41) is 2.93. The Bertz CT molecular complexity index is 1100. The average molecular weight is 448 g/mol. The molecule has 2 fully saturated rings. The highest BCUT2D eigenvalue weighted by Crippen LogP contribution is 2.43. The second kappa shape index (κ2) is 9.20. The Morgan fingerprint density at radius 3 is 2.44 bits per heavy atom. The third-order valence-corrected chi connectivity index (χ3v) is 6.71. The third-order valence-electron chi connectivity index (χ3n) is 5.77. The maximum atomic E-state index is 13.0. The predicted molar refractivity (Wildman–Crippen MR) is 126 cm³/mol. The number of amides is 2. The van der Waals surface area contributed by atoms with Crippen molar-refractivity contribution in [3.05, 3.63) is 71.6 Å². The molecule has 1 aliphatic heterocycles. The molecule has 164 valence electrons. The van der Waals surface area contributed by atoms with Gasteiger partial charge in [-0.3, -0.25) is 9.59 Å². The van der Waals surface area contributed by atoms with Crippen molar-refractivity contribution in [2.45, 2.75) is 25.2 Å². The molecule has 1 aliphatic carbocycles. The molecule has 0 bridgehead atoms. The fraction of sp³-hybridized carbons (Fsp3) is 0.320. The van der Waals surface area contributed by atoms with Crippen LogP contribution in [0.1, 0.15) is 40.6 Å². The first-order valence-corrected chi connectivity index (χ1v) is 12.1. The Hall–Kier alpha value is -3.06. The summed E-state index contributed by atoms with van der Waals surface area (Å²) in [4.78, 5) is 31.9. The minimum absolute atomic E-state index is 0.159. The normalized spacial score (nSPS) is 16.1. The molecule has 0 atom stereocenters. The van der Waals surface area contributed by atoms with Crippen LogP contribution in [0.4, 0.5) is 5.69 Å². The van der Waals surface area contributed by atoms with E-state index in [2.05, 4.69) is 10.3 Å². The molecule has 0 radical (unpaired) electrons. The van der Waals surface area contributed by atoms with E-state index in [1.807, 2.05) is 71.3 Å². The van der Waals surface area contributed by atoms with Crippen molar-refractivity contribution in [3.8, 4) is 11.5 Å². The van der Waals surface area contributed by atoms with Crippen molar-refractivity contribution in [1.82, 2.24) is 9.88 Å². The molecule has 1 saturated carbocycles. The van der Waals surface area contributed by atoms with Crippen LogP contribution in [-0.2, 0) is 11.2 Å². The number of thioether (sulfide) groups is 1.